The zero-order chi connectivity index (χ0) is 25.4. The average Bonchev–Trinajstić information content (AvgIpc) is 3.16. The van der Waals surface area contributed by atoms with Crippen molar-refractivity contribution in [1.82, 2.24) is 24.8 Å². The Kier molecular flexibility index (Phi) is 4.81. The molecular weight excluding hydrogens is 498 g/mol. The number of tetrazole rings is 1. The second-order valence-electron chi connectivity index (χ2n) is 9.78. The number of hydrogen-bond acceptors (Lipinski definition) is 5. The van der Waals surface area contributed by atoms with Crippen LogP contribution in [0.25, 0.3) is 16.8 Å². The Balaban J connectivity index is 1.28. The average molecular weight is 517 g/mol. The lowest BCUT2D eigenvalue weighted by Crippen LogP contribution is -2.26. The van der Waals surface area contributed by atoms with E-state index >= 15 is 4.39 Å². The molecule has 0 radical (unpaired) electrons. The Hall–Kier alpha value is -3.98. The van der Waals surface area contributed by atoms with Gasteiger partial charge in [0, 0.05) is 45.8 Å². The molecule has 0 N–H and O–H groups in total. The first-order valence-corrected chi connectivity index (χ1v) is 12.3. The lowest BCUT2D eigenvalue weighted by atomic mass is 9.96. The monoisotopic (exact) mass is 516 g/mol. The van der Waals surface area contributed by atoms with Crippen LogP contribution < -0.4 is 5.56 Å². The normalized spacial score (nSPS) is 21.7. The number of nitrogens with zero attached hydrogens (tertiary/aromatic N) is 6. The summed E-state index contributed by atoms with van der Waals surface area (Å²) in [6, 6.07) is 13.2. The van der Waals surface area contributed by atoms with Gasteiger partial charge in [-0.2, -0.15) is 9.07 Å². The Morgan fingerprint density at radius 3 is 2.70 bits per heavy atom. The Morgan fingerprint density at radius 2 is 1.92 bits per heavy atom. The minimum Gasteiger partial charge on any atom is -0.305 e. The standard InChI is InChI=1S/C27H19ClF2N6O/c1-13-2-4-16(21(29)6-13)22-11-20(27(30)32-22)26-19-10-18(19)24-7-14(8-25(37)36(24)26)17-9-15(28)3-5-23(17)35-12-31-33-34-35/h2-9,12,18-19,26H,10-11H2,1H3. The van der Waals surface area contributed by atoms with Crippen LogP contribution in [0.15, 0.2) is 76.2 Å². The summed E-state index contributed by atoms with van der Waals surface area (Å²) in [5, 5.41) is 11.9. The maximum atomic E-state index is 15.2. The lowest BCUT2D eigenvalue weighted by molar-refractivity contribution is 0.497. The van der Waals surface area contributed by atoms with E-state index in [9.17, 15) is 9.18 Å². The minimum absolute atomic E-state index is 0.111. The molecule has 184 valence electrons. The van der Waals surface area contributed by atoms with Gasteiger partial charge in [-0.1, -0.05) is 17.7 Å². The third kappa shape index (κ3) is 3.48. The number of hydrogen-bond donors (Lipinski definition) is 0. The summed E-state index contributed by atoms with van der Waals surface area (Å²) in [7, 11) is 0. The van der Waals surface area contributed by atoms with E-state index in [0.717, 1.165) is 17.7 Å². The molecule has 4 aromatic rings. The molecule has 0 amide bonds. The molecule has 3 unspecified atom stereocenters. The number of benzene rings is 2. The smallest absolute Gasteiger partial charge is 0.251 e. The van der Waals surface area contributed by atoms with Crippen LogP contribution >= 0.6 is 11.6 Å². The van der Waals surface area contributed by atoms with Gasteiger partial charge in [-0.05, 0) is 77.2 Å². The molecule has 7 nitrogen and oxygen atoms in total. The van der Waals surface area contributed by atoms with E-state index in [1.807, 2.05) is 6.07 Å². The fourth-order valence-electron chi connectivity index (χ4n) is 5.78. The van der Waals surface area contributed by atoms with Gasteiger partial charge in [-0.3, -0.25) is 4.79 Å². The predicted octanol–water partition coefficient (Wildman–Crippen LogP) is 5.32. The van der Waals surface area contributed by atoms with Crippen LogP contribution in [-0.2, 0) is 0 Å². The van der Waals surface area contributed by atoms with Crippen molar-refractivity contribution < 1.29 is 8.78 Å². The molecule has 2 aromatic heterocycles. The summed E-state index contributed by atoms with van der Waals surface area (Å²) in [6.07, 6.45) is 2.50. The molecule has 2 aromatic carbocycles. The summed E-state index contributed by atoms with van der Waals surface area (Å²) in [5.74, 6) is -0.788. The van der Waals surface area contributed by atoms with E-state index < -0.39 is 17.8 Å². The van der Waals surface area contributed by atoms with Crippen LogP contribution in [0.2, 0.25) is 5.02 Å². The molecule has 0 spiro atoms. The van der Waals surface area contributed by atoms with Gasteiger partial charge >= 0.3 is 0 Å². The first-order chi connectivity index (χ1) is 17.9. The number of aliphatic imine (C=N–C) groups is 1. The maximum Gasteiger partial charge on any atom is 0.251 e. The second kappa shape index (κ2) is 8.01. The van der Waals surface area contributed by atoms with Gasteiger partial charge in [-0.15, -0.1) is 5.10 Å². The molecule has 10 heteroatoms. The van der Waals surface area contributed by atoms with Crippen molar-refractivity contribution in [2.24, 2.45) is 10.9 Å². The molecule has 2 aliphatic heterocycles. The van der Waals surface area contributed by atoms with E-state index in [4.69, 9.17) is 11.6 Å². The zero-order valence-electron chi connectivity index (χ0n) is 19.6. The first kappa shape index (κ1) is 22.2. The van der Waals surface area contributed by atoms with E-state index in [0.29, 0.717) is 38.7 Å². The number of aryl methyl sites for hydroxylation is 1. The van der Waals surface area contributed by atoms with Crippen molar-refractivity contribution in [2.75, 3.05) is 0 Å². The van der Waals surface area contributed by atoms with E-state index in [1.165, 1.54) is 23.1 Å². The minimum atomic E-state index is -0.620. The van der Waals surface area contributed by atoms with Crippen molar-refractivity contribution in [2.45, 2.75) is 31.7 Å². The van der Waals surface area contributed by atoms with Gasteiger partial charge in [0.15, 0.2) is 0 Å². The number of halogens is 3. The van der Waals surface area contributed by atoms with E-state index in [1.54, 1.807) is 41.8 Å². The highest BCUT2D eigenvalue weighted by Gasteiger charge is 2.55. The van der Waals surface area contributed by atoms with E-state index in [2.05, 4.69) is 20.5 Å². The topological polar surface area (TPSA) is 78.0 Å². The van der Waals surface area contributed by atoms with Crippen LogP contribution in [0, 0.1) is 18.7 Å². The van der Waals surface area contributed by atoms with Crippen molar-refractivity contribution in [1.29, 1.82) is 0 Å². The Bertz CT molecular complexity index is 1730. The molecule has 3 aliphatic rings. The molecule has 1 aliphatic carbocycles. The SMILES string of the molecule is Cc1ccc(C2=NC(F)=C(C3C4CC4c4cc(-c5cc(Cl)ccc5-n5cnnn5)cc(=O)n43)C2)c(F)c1. The van der Waals surface area contributed by atoms with Crippen LogP contribution in [0.4, 0.5) is 8.78 Å². The molecule has 1 fully saturated rings. The fraction of sp³-hybridized carbons (Fsp3) is 0.222. The molecule has 0 bridgehead atoms. The number of aromatic nitrogens is 5. The molecular formula is C27H19ClF2N6O. The summed E-state index contributed by atoms with van der Waals surface area (Å²) in [5.41, 5.74) is 4.58. The van der Waals surface area contributed by atoms with E-state index in [-0.39, 0.29) is 23.8 Å². The highest BCUT2D eigenvalue weighted by Crippen LogP contribution is 2.62. The fourth-order valence-corrected chi connectivity index (χ4v) is 5.95. The van der Waals surface area contributed by atoms with Gasteiger partial charge in [0.25, 0.3) is 5.56 Å². The number of pyridine rings is 1. The first-order valence-electron chi connectivity index (χ1n) is 11.9. The summed E-state index contributed by atoms with van der Waals surface area (Å²) >= 11 is 6.30. The molecule has 0 saturated heterocycles. The largest absolute Gasteiger partial charge is 0.305 e. The molecule has 3 atom stereocenters. The third-order valence-corrected chi connectivity index (χ3v) is 7.75. The van der Waals surface area contributed by atoms with Gasteiger partial charge in [-0.25, -0.2) is 9.38 Å². The number of fused-ring (bicyclic) bond motifs is 3. The molecule has 37 heavy (non-hydrogen) atoms. The predicted molar refractivity (Wildman–Crippen MR) is 134 cm³/mol. The van der Waals surface area contributed by atoms with Crippen molar-refractivity contribution in [3.8, 4) is 16.8 Å². The molecule has 1 saturated carbocycles. The Labute approximate surface area is 214 Å². The lowest BCUT2D eigenvalue weighted by Gasteiger charge is -2.20. The Morgan fingerprint density at radius 1 is 1.05 bits per heavy atom. The van der Waals surface area contributed by atoms with Crippen molar-refractivity contribution in [3.63, 3.8) is 0 Å². The van der Waals surface area contributed by atoms with Crippen LogP contribution in [0.3, 0.4) is 0 Å². The van der Waals surface area contributed by atoms with Gasteiger partial charge < -0.3 is 4.57 Å². The van der Waals surface area contributed by atoms with Crippen molar-refractivity contribution in [3.05, 3.63) is 104 Å². The quantitative estimate of drug-likeness (QED) is 0.344. The summed E-state index contributed by atoms with van der Waals surface area (Å²) < 4.78 is 33.0. The van der Waals surface area contributed by atoms with Crippen LogP contribution in [-0.4, -0.2) is 30.5 Å². The van der Waals surface area contributed by atoms with Gasteiger partial charge in [0.05, 0.1) is 17.4 Å². The molecule has 7 rings (SSSR count). The van der Waals surface area contributed by atoms with Crippen LogP contribution in [0.5, 0.6) is 0 Å². The highest BCUT2D eigenvalue weighted by atomic mass is 35.5. The zero-order valence-corrected chi connectivity index (χ0v) is 20.3. The highest BCUT2D eigenvalue weighted by molar-refractivity contribution is 6.31. The maximum absolute atomic E-state index is 15.2. The van der Waals surface area contributed by atoms with Crippen LogP contribution in [0.1, 0.15) is 41.6 Å². The van der Waals surface area contributed by atoms with Gasteiger partial charge in [0.1, 0.15) is 12.1 Å². The molecule has 4 heterocycles. The third-order valence-electron chi connectivity index (χ3n) is 7.52. The number of allylic oxidation sites excluding steroid dienone is 1. The second-order valence-corrected chi connectivity index (χ2v) is 10.2. The van der Waals surface area contributed by atoms with Gasteiger partial charge in [0.2, 0.25) is 5.95 Å². The summed E-state index contributed by atoms with van der Waals surface area (Å²) in [4.78, 5) is 17.6. The van der Waals surface area contributed by atoms with Crippen molar-refractivity contribution >= 4 is 17.3 Å². The number of rotatable bonds is 4. The summed E-state index contributed by atoms with van der Waals surface area (Å²) in [6.45, 7) is 1.80.